The van der Waals surface area contributed by atoms with Crippen LogP contribution < -0.4 is 0 Å². The predicted octanol–water partition coefficient (Wildman–Crippen LogP) is 3.05. The second-order valence-corrected chi connectivity index (χ2v) is 19.2. The van der Waals surface area contributed by atoms with Crippen molar-refractivity contribution in [2.45, 2.75) is 37.9 Å². The number of rotatable bonds is 2. The van der Waals surface area contributed by atoms with Gasteiger partial charge in [0.25, 0.3) is 0 Å². The van der Waals surface area contributed by atoms with Gasteiger partial charge in [0, 0.05) is 0 Å². The number of hydrogen-bond acceptors (Lipinski definition) is 3. The molecule has 0 aromatic carbocycles. The van der Waals surface area contributed by atoms with E-state index < -0.39 is 23.5 Å². The molecule has 1 heterocycles. The van der Waals surface area contributed by atoms with Gasteiger partial charge < -0.3 is 14.9 Å². The first kappa shape index (κ1) is 17.8. The van der Waals surface area contributed by atoms with E-state index in [0.717, 1.165) is 0 Å². The summed E-state index contributed by atoms with van der Waals surface area (Å²) >= 11 is -3.11. The minimum atomic E-state index is -3.11. The van der Waals surface area contributed by atoms with Crippen LogP contribution in [-0.4, -0.2) is 34.6 Å². The third kappa shape index (κ3) is 5.60. The van der Waals surface area contributed by atoms with Crippen LogP contribution in [0.3, 0.4) is 0 Å². The zero-order chi connectivity index (χ0) is 13.0. The summed E-state index contributed by atoms with van der Waals surface area (Å²) in [4.78, 5) is 0. The normalized spacial score (nSPS) is 34.5. The van der Waals surface area contributed by atoms with Crippen LogP contribution in [-0.2, 0) is 17.1 Å². The molecule has 0 aliphatic carbocycles. The molecule has 1 fully saturated rings. The maximum absolute atomic E-state index is 9.84. The van der Waals surface area contributed by atoms with Crippen molar-refractivity contribution in [1.29, 1.82) is 0 Å². The van der Waals surface area contributed by atoms with Crippen LogP contribution in [0.5, 0.6) is 0 Å². The van der Waals surface area contributed by atoms with E-state index in [9.17, 15) is 10.2 Å². The van der Waals surface area contributed by atoms with E-state index in [4.69, 9.17) is 42.0 Å². The van der Waals surface area contributed by atoms with Crippen LogP contribution in [0.4, 0.5) is 0 Å². The Hall–Kier alpha value is 1.75. The molecule has 2 N–H and O–H groups in total. The topological polar surface area (TPSA) is 49.7 Å². The Labute approximate surface area is 115 Å². The van der Waals surface area contributed by atoms with Crippen molar-refractivity contribution in [2.24, 2.45) is 0 Å². The molecule has 0 bridgehead atoms. The van der Waals surface area contributed by atoms with Crippen molar-refractivity contribution >= 4 is 37.2 Å². The number of aliphatic hydroxyl groups is 2. The molecule has 0 aromatic heterocycles. The Morgan fingerprint density at radius 3 is 1.44 bits per heavy atom. The van der Waals surface area contributed by atoms with E-state index in [-0.39, 0.29) is 13.2 Å². The monoisotopic (exact) mass is 348 g/mol. The van der Waals surface area contributed by atoms with Crippen molar-refractivity contribution < 1.29 is 27.3 Å². The second kappa shape index (κ2) is 6.79. The first-order valence-electron chi connectivity index (χ1n) is 4.86. The van der Waals surface area contributed by atoms with Gasteiger partial charge in [0.2, 0.25) is 0 Å². The van der Waals surface area contributed by atoms with Crippen LogP contribution in [0.1, 0.15) is 26.7 Å². The van der Waals surface area contributed by atoms with E-state index >= 15 is 0 Å². The standard InChI is InChI=1S/C8H16O3.4ClH.Ti/c1-3-7(9)5-11-6-8(7,10)4-2;;;;;/h9-10H,3-6H2,1-2H3;4*1H;/q;;;;;+4/p-4/t7-,8+;;;;;. The van der Waals surface area contributed by atoms with Gasteiger partial charge in [-0.05, 0) is 12.8 Å². The van der Waals surface area contributed by atoms with Gasteiger partial charge in [-0.15, -0.1) is 0 Å². The molecule has 1 aliphatic heterocycles. The fourth-order valence-electron chi connectivity index (χ4n) is 1.52. The maximum atomic E-state index is 9.84. The summed E-state index contributed by atoms with van der Waals surface area (Å²) in [6.07, 6.45) is 1.08. The summed E-state index contributed by atoms with van der Waals surface area (Å²) in [6.45, 7) is 4.23. The van der Waals surface area contributed by atoms with Crippen LogP contribution in [0.25, 0.3) is 0 Å². The van der Waals surface area contributed by atoms with Crippen molar-refractivity contribution in [1.82, 2.24) is 0 Å². The summed E-state index contributed by atoms with van der Waals surface area (Å²) in [5.41, 5.74) is -2.05. The van der Waals surface area contributed by atoms with Crippen molar-refractivity contribution in [3.63, 3.8) is 0 Å². The molecule has 0 radical (unpaired) electrons. The Morgan fingerprint density at radius 2 is 1.25 bits per heavy atom. The molecule has 0 saturated carbocycles. The van der Waals surface area contributed by atoms with Crippen LogP contribution in [0, 0.1) is 0 Å². The van der Waals surface area contributed by atoms with Crippen molar-refractivity contribution in [3.05, 3.63) is 0 Å². The zero-order valence-corrected chi connectivity index (χ0v) is 13.7. The predicted molar refractivity (Wildman–Crippen MR) is 64.7 cm³/mol. The average molecular weight is 350 g/mol. The summed E-state index contributed by atoms with van der Waals surface area (Å²) in [5.74, 6) is 0. The zero-order valence-electron chi connectivity index (χ0n) is 9.14. The molecular formula is C8H16Cl4O3Ti. The van der Waals surface area contributed by atoms with Gasteiger partial charge in [-0.3, -0.25) is 0 Å². The van der Waals surface area contributed by atoms with Crippen molar-refractivity contribution in [3.8, 4) is 0 Å². The van der Waals surface area contributed by atoms with Gasteiger partial charge in [-0.2, -0.15) is 0 Å². The van der Waals surface area contributed by atoms with Gasteiger partial charge in [0.05, 0.1) is 13.2 Å². The van der Waals surface area contributed by atoms with Gasteiger partial charge >= 0.3 is 49.6 Å². The van der Waals surface area contributed by atoms with Gasteiger partial charge in [-0.1, -0.05) is 13.8 Å². The van der Waals surface area contributed by atoms with Crippen LogP contribution >= 0.6 is 37.2 Å². The van der Waals surface area contributed by atoms with Crippen molar-refractivity contribution in [2.75, 3.05) is 13.2 Å². The van der Waals surface area contributed by atoms with Gasteiger partial charge in [0.1, 0.15) is 11.2 Å². The number of ether oxygens (including phenoxy) is 1. The van der Waals surface area contributed by atoms with Gasteiger partial charge in [0.15, 0.2) is 0 Å². The number of hydrogen-bond donors (Lipinski definition) is 2. The molecule has 98 valence electrons. The minimum absolute atomic E-state index is 0.258. The number of halogens is 4. The molecule has 0 aromatic rings. The molecule has 0 amide bonds. The summed E-state index contributed by atoms with van der Waals surface area (Å²) < 4.78 is 5.06. The first-order valence-corrected chi connectivity index (χ1v) is 13.5. The third-order valence-electron chi connectivity index (χ3n) is 2.72. The SMILES string of the molecule is CC[C@@]1(O)COC[C@@]1(O)CC.[Cl][Ti]([Cl])([Cl])[Cl]. The molecule has 2 atom stereocenters. The second-order valence-electron chi connectivity index (χ2n) is 3.69. The van der Waals surface area contributed by atoms with Gasteiger partial charge in [-0.25, -0.2) is 0 Å². The van der Waals surface area contributed by atoms with E-state index in [1.165, 1.54) is 0 Å². The molecular weight excluding hydrogens is 334 g/mol. The first-order chi connectivity index (χ1) is 7.08. The molecule has 0 unspecified atom stereocenters. The Kier molecular flexibility index (Phi) is 7.53. The summed E-state index contributed by atoms with van der Waals surface area (Å²) in [6, 6.07) is 0. The molecule has 1 aliphatic rings. The third-order valence-corrected chi connectivity index (χ3v) is 2.72. The fraction of sp³-hybridized carbons (Fsp3) is 1.00. The van der Waals surface area contributed by atoms with E-state index in [1.54, 1.807) is 0 Å². The van der Waals surface area contributed by atoms with E-state index in [0.29, 0.717) is 12.8 Å². The molecule has 1 rings (SSSR count). The Balaban J connectivity index is 0.000000385. The van der Waals surface area contributed by atoms with Crippen LogP contribution in [0.15, 0.2) is 0 Å². The van der Waals surface area contributed by atoms with Crippen LogP contribution in [0.2, 0.25) is 0 Å². The fourth-order valence-corrected chi connectivity index (χ4v) is 1.52. The quantitative estimate of drug-likeness (QED) is 0.753. The molecule has 3 nitrogen and oxygen atoms in total. The Bertz CT molecular complexity index is 204. The molecule has 0 spiro atoms. The molecule has 16 heavy (non-hydrogen) atoms. The van der Waals surface area contributed by atoms with E-state index in [1.807, 2.05) is 13.8 Å². The Morgan fingerprint density at radius 1 is 1.00 bits per heavy atom. The molecule has 8 heteroatoms. The average Bonchev–Trinajstić information content (AvgIpc) is 2.42. The summed E-state index contributed by atoms with van der Waals surface area (Å²) in [5, 5.41) is 19.7. The van der Waals surface area contributed by atoms with E-state index in [2.05, 4.69) is 0 Å². The molecule has 1 saturated heterocycles. The summed E-state index contributed by atoms with van der Waals surface area (Å²) in [7, 11) is 20.1.